The maximum absolute atomic E-state index is 12.7. The molecule has 0 aliphatic carbocycles. The molecule has 1 aromatic carbocycles. The van der Waals surface area contributed by atoms with Gasteiger partial charge in [-0.2, -0.15) is 31.6 Å². The predicted octanol–water partition coefficient (Wildman–Crippen LogP) is 4.82. The third-order valence-corrected chi connectivity index (χ3v) is 2.85. The van der Waals surface area contributed by atoms with Crippen LogP contribution in [0.15, 0.2) is 29.5 Å². The number of nitrogens with zero attached hydrogens (tertiary/aromatic N) is 1. The van der Waals surface area contributed by atoms with Crippen LogP contribution in [-0.2, 0) is 12.4 Å². The number of thiocarbonyl (C=S) groups is 1. The highest BCUT2D eigenvalue weighted by Crippen LogP contribution is 2.37. The molecule has 0 amide bonds. The molecule has 0 fully saturated rings. The maximum Gasteiger partial charge on any atom is 0.416 e. The van der Waals surface area contributed by atoms with Crippen molar-refractivity contribution in [1.82, 2.24) is 0 Å². The van der Waals surface area contributed by atoms with Crippen molar-refractivity contribution >= 4 is 22.9 Å². The summed E-state index contributed by atoms with van der Waals surface area (Å²) in [4.78, 5) is -0.500. The van der Waals surface area contributed by atoms with E-state index < -0.39 is 45.5 Å². The minimum Gasteiger partial charge on any atom is -0.511 e. The van der Waals surface area contributed by atoms with Crippen molar-refractivity contribution in [2.75, 3.05) is 5.32 Å². The van der Waals surface area contributed by atoms with Gasteiger partial charge in [0.1, 0.15) is 22.4 Å². The Bertz CT molecular complexity index is 664. The molecule has 23 heavy (non-hydrogen) atoms. The van der Waals surface area contributed by atoms with Crippen molar-refractivity contribution in [1.29, 1.82) is 5.26 Å². The van der Waals surface area contributed by atoms with Crippen molar-refractivity contribution in [3.8, 4) is 6.07 Å². The second-order valence-electron chi connectivity index (χ2n) is 4.32. The molecule has 1 aromatic rings. The molecule has 0 aliphatic heterocycles. The Labute approximate surface area is 131 Å². The van der Waals surface area contributed by atoms with Gasteiger partial charge in [-0.05, 0) is 25.1 Å². The van der Waals surface area contributed by atoms with Crippen LogP contribution < -0.4 is 5.32 Å². The molecule has 0 radical (unpaired) electrons. The van der Waals surface area contributed by atoms with Crippen LogP contribution in [0.1, 0.15) is 18.1 Å². The van der Waals surface area contributed by atoms with E-state index in [1.807, 2.05) is 0 Å². The largest absolute Gasteiger partial charge is 0.511 e. The van der Waals surface area contributed by atoms with Gasteiger partial charge >= 0.3 is 12.4 Å². The molecule has 0 saturated heterocycles. The summed E-state index contributed by atoms with van der Waals surface area (Å²) in [6.45, 7) is 1.10. The summed E-state index contributed by atoms with van der Waals surface area (Å²) in [5.74, 6) is -0.520. The van der Waals surface area contributed by atoms with Crippen molar-refractivity contribution in [3.63, 3.8) is 0 Å². The maximum atomic E-state index is 12.7. The van der Waals surface area contributed by atoms with E-state index in [9.17, 15) is 31.4 Å². The number of hydrogen-bond donors (Lipinski definition) is 2. The van der Waals surface area contributed by atoms with Crippen LogP contribution in [0.25, 0.3) is 0 Å². The summed E-state index contributed by atoms with van der Waals surface area (Å²) in [6.07, 6.45) is -10.00. The second kappa shape index (κ2) is 6.45. The van der Waals surface area contributed by atoms with Crippen molar-refractivity contribution < 1.29 is 31.4 Å². The molecular formula is C13H8F6N2OS. The topological polar surface area (TPSA) is 56.0 Å². The monoisotopic (exact) mass is 354 g/mol. The smallest absolute Gasteiger partial charge is 0.416 e. The molecule has 3 nitrogen and oxygen atoms in total. The molecule has 0 saturated carbocycles. The van der Waals surface area contributed by atoms with E-state index in [4.69, 9.17) is 17.5 Å². The number of rotatable bonds is 2. The van der Waals surface area contributed by atoms with Crippen LogP contribution in [0.2, 0.25) is 0 Å². The summed E-state index contributed by atoms with van der Waals surface area (Å²) in [5.41, 5.74) is -4.13. The summed E-state index contributed by atoms with van der Waals surface area (Å²) < 4.78 is 76.2. The number of nitrogens with one attached hydrogen (secondary N) is 1. The quantitative estimate of drug-likeness (QED) is 0.263. The summed E-state index contributed by atoms with van der Waals surface area (Å²) in [6, 6.07) is 2.30. The number of aliphatic hydroxyl groups excluding tert-OH is 1. The van der Waals surface area contributed by atoms with Gasteiger partial charge in [0.05, 0.1) is 11.1 Å². The van der Waals surface area contributed by atoms with Gasteiger partial charge < -0.3 is 10.4 Å². The third kappa shape index (κ3) is 4.85. The summed E-state index contributed by atoms with van der Waals surface area (Å²) in [5, 5.41) is 20.0. The fourth-order valence-corrected chi connectivity index (χ4v) is 1.83. The number of nitriles is 1. The number of halogens is 6. The van der Waals surface area contributed by atoms with E-state index in [-0.39, 0.29) is 6.07 Å². The number of alkyl halides is 6. The van der Waals surface area contributed by atoms with Gasteiger partial charge in [0.25, 0.3) is 0 Å². The normalized spacial score (nSPS) is 13.1. The van der Waals surface area contributed by atoms with Crippen molar-refractivity contribution in [2.24, 2.45) is 0 Å². The lowest BCUT2D eigenvalue weighted by Crippen LogP contribution is -2.16. The van der Waals surface area contributed by atoms with Crippen LogP contribution >= 0.6 is 12.2 Å². The van der Waals surface area contributed by atoms with E-state index in [0.717, 1.165) is 6.92 Å². The van der Waals surface area contributed by atoms with E-state index in [2.05, 4.69) is 5.32 Å². The van der Waals surface area contributed by atoms with E-state index in [0.29, 0.717) is 12.1 Å². The van der Waals surface area contributed by atoms with Gasteiger partial charge in [-0.25, -0.2) is 0 Å². The Balaban J connectivity index is 3.35. The van der Waals surface area contributed by atoms with Gasteiger partial charge in [0.2, 0.25) is 0 Å². The fourth-order valence-electron chi connectivity index (χ4n) is 1.52. The molecule has 0 spiro atoms. The lowest BCUT2D eigenvalue weighted by molar-refractivity contribution is -0.143. The molecule has 0 atom stereocenters. The first-order valence-corrected chi connectivity index (χ1v) is 6.18. The van der Waals surface area contributed by atoms with Gasteiger partial charge in [-0.15, -0.1) is 0 Å². The third-order valence-electron chi connectivity index (χ3n) is 2.55. The SMILES string of the molecule is CC(O)=C(C#N)C(=S)Nc1cc(C(F)(F)F)cc(C(F)(F)F)c1. The first-order chi connectivity index (χ1) is 10.4. The van der Waals surface area contributed by atoms with Crippen LogP contribution in [-0.4, -0.2) is 10.1 Å². The van der Waals surface area contributed by atoms with Gasteiger partial charge in [0.15, 0.2) is 0 Å². The highest BCUT2D eigenvalue weighted by molar-refractivity contribution is 7.81. The Kier molecular flexibility index (Phi) is 5.27. The van der Waals surface area contributed by atoms with Gasteiger partial charge in [-0.3, -0.25) is 0 Å². The van der Waals surface area contributed by atoms with Crippen molar-refractivity contribution in [2.45, 2.75) is 19.3 Å². The van der Waals surface area contributed by atoms with Gasteiger partial charge in [-0.1, -0.05) is 12.2 Å². The summed E-state index contributed by atoms with van der Waals surface area (Å²) >= 11 is 4.69. The lowest BCUT2D eigenvalue weighted by atomic mass is 10.1. The number of benzene rings is 1. The standard InChI is InChI=1S/C13H8F6N2OS/c1-6(22)10(5-20)11(23)21-9-3-7(12(14,15)16)2-8(4-9)13(17,18)19/h2-4,22H,1H3,(H,21,23). The van der Waals surface area contributed by atoms with Crippen LogP contribution in [0, 0.1) is 11.3 Å². The number of anilines is 1. The molecule has 0 heterocycles. The Hall–Kier alpha value is -2.28. The van der Waals surface area contributed by atoms with Crippen LogP contribution in [0.5, 0.6) is 0 Å². The zero-order chi connectivity index (χ0) is 18.0. The van der Waals surface area contributed by atoms with Gasteiger partial charge in [0, 0.05) is 5.69 Å². The van der Waals surface area contributed by atoms with E-state index in [1.54, 1.807) is 0 Å². The number of aliphatic hydroxyl groups is 1. The lowest BCUT2D eigenvalue weighted by Gasteiger charge is -2.15. The molecule has 1 rings (SSSR count). The molecule has 0 bridgehead atoms. The molecule has 0 aliphatic rings. The molecule has 2 N–H and O–H groups in total. The summed E-state index contributed by atoms with van der Waals surface area (Å²) in [7, 11) is 0. The van der Waals surface area contributed by atoms with Crippen molar-refractivity contribution in [3.05, 3.63) is 40.7 Å². The fraction of sp³-hybridized carbons (Fsp3) is 0.231. The predicted molar refractivity (Wildman–Crippen MR) is 73.6 cm³/mol. The Morgan fingerprint density at radius 1 is 1.09 bits per heavy atom. The average molecular weight is 354 g/mol. The minimum atomic E-state index is -5.00. The first-order valence-electron chi connectivity index (χ1n) is 5.77. The van der Waals surface area contributed by atoms with E-state index >= 15 is 0 Å². The average Bonchev–Trinajstić information content (AvgIpc) is 2.36. The zero-order valence-corrected chi connectivity index (χ0v) is 12.1. The highest BCUT2D eigenvalue weighted by Gasteiger charge is 2.37. The second-order valence-corrected chi connectivity index (χ2v) is 4.73. The zero-order valence-electron chi connectivity index (χ0n) is 11.3. The van der Waals surface area contributed by atoms with Crippen LogP contribution in [0.4, 0.5) is 32.0 Å². The Morgan fingerprint density at radius 3 is 1.83 bits per heavy atom. The van der Waals surface area contributed by atoms with E-state index in [1.165, 1.54) is 6.07 Å². The highest BCUT2D eigenvalue weighted by atomic mass is 32.1. The number of allylic oxidation sites excluding steroid dienone is 1. The molecule has 0 aromatic heterocycles. The van der Waals surface area contributed by atoms with Crippen LogP contribution in [0.3, 0.4) is 0 Å². The molecule has 0 unspecified atom stereocenters. The minimum absolute atomic E-state index is 0.0352. The molecule has 10 heteroatoms. The molecule has 124 valence electrons. The molecular weight excluding hydrogens is 346 g/mol. The first kappa shape index (κ1) is 18.8. The number of hydrogen-bond acceptors (Lipinski definition) is 3. The Morgan fingerprint density at radius 2 is 1.52 bits per heavy atom.